The van der Waals surface area contributed by atoms with E-state index in [-0.39, 0.29) is 34.0 Å². The Kier molecular flexibility index (Phi) is 8.21. The lowest BCUT2D eigenvalue weighted by Crippen LogP contribution is -2.32. The van der Waals surface area contributed by atoms with Crippen molar-refractivity contribution in [3.05, 3.63) is 81.9 Å². The monoisotopic (exact) mass is 624 g/mol. The number of aromatic nitrogens is 3. The van der Waals surface area contributed by atoms with Crippen molar-refractivity contribution in [3.63, 3.8) is 0 Å². The molecular weight excluding hydrogens is 591 g/mol. The molecule has 232 valence electrons. The van der Waals surface area contributed by atoms with Gasteiger partial charge in [0.15, 0.2) is 29.0 Å². The zero-order valence-electron chi connectivity index (χ0n) is 25.0. The Hall–Kier alpha value is -4.36. The summed E-state index contributed by atoms with van der Waals surface area (Å²) in [5.74, 6) is -3.22. The summed E-state index contributed by atoms with van der Waals surface area (Å²) < 4.78 is 56.0. The van der Waals surface area contributed by atoms with Gasteiger partial charge in [-0.05, 0) is 64.7 Å². The highest BCUT2D eigenvalue weighted by Crippen LogP contribution is 2.41. The number of amides is 1. The van der Waals surface area contributed by atoms with Crippen molar-refractivity contribution in [1.29, 1.82) is 0 Å². The third-order valence-electron chi connectivity index (χ3n) is 7.16. The third kappa shape index (κ3) is 6.29. The van der Waals surface area contributed by atoms with Gasteiger partial charge >= 0.3 is 5.97 Å². The van der Waals surface area contributed by atoms with E-state index in [4.69, 9.17) is 9.47 Å². The Bertz CT molecular complexity index is 1880. The number of benzene rings is 2. The van der Waals surface area contributed by atoms with Crippen LogP contribution in [-0.4, -0.2) is 52.2 Å². The Morgan fingerprint density at radius 1 is 1.18 bits per heavy atom. The van der Waals surface area contributed by atoms with Gasteiger partial charge < -0.3 is 14.6 Å². The minimum atomic E-state index is -4.10. The minimum absolute atomic E-state index is 0.117. The van der Waals surface area contributed by atoms with E-state index in [1.807, 2.05) is 4.72 Å². The number of carboxylic acids is 1. The SMILES string of the molecule is Cc1nc2cc(C(=O)NS(=O)(=O)Cc3ccccc3)nn2c(-c2cc(F)c3c(c2C)CCCO3)c1C(OC(C)(C)C)C(=O)O. The van der Waals surface area contributed by atoms with E-state index in [2.05, 4.69) is 10.1 Å². The summed E-state index contributed by atoms with van der Waals surface area (Å²) >= 11 is 0. The highest BCUT2D eigenvalue weighted by atomic mass is 32.2. The van der Waals surface area contributed by atoms with Crippen molar-refractivity contribution in [2.45, 2.75) is 64.9 Å². The fourth-order valence-electron chi connectivity index (χ4n) is 5.33. The highest BCUT2D eigenvalue weighted by molar-refractivity contribution is 7.89. The summed E-state index contributed by atoms with van der Waals surface area (Å²) in [6.45, 7) is 8.86. The minimum Gasteiger partial charge on any atom is -0.490 e. The largest absolute Gasteiger partial charge is 0.490 e. The molecule has 0 saturated carbocycles. The van der Waals surface area contributed by atoms with Crippen LogP contribution in [0.2, 0.25) is 0 Å². The number of carbonyl (C=O) groups excluding carboxylic acids is 1. The molecule has 0 saturated heterocycles. The predicted octanol–water partition coefficient (Wildman–Crippen LogP) is 4.68. The van der Waals surface area contributed by atoms with Gasteiger partial charge in [0.05, 0.1) is 23.7 Å². The summed E-state index contributed by atoms with van der Waals surface area (Å²) in [6.07, 6.45) is -0.325. The second-order valence-corrected chi connectivity index (χ2v) is 13.4. The highest BCUT2D eigenvalue weighted by Gasteiger charge is 2.35. The van der Waals surface area contributed by atoms with Crippen LogP contribution in [0.3, 0.4) is 0 Å². The molecule has 5 rings (SSSR count). The van der Waals surface area contributed by atoms with Gasteiger partial charge in [-0.1, -0.05) is 30.3 Å². The summed E-state index contributed by atoms with van der Waals surface area (Å²) in [5, 5.41) is 14.7. The van der Waals surface area contributed by atoms with E-state index in [0.717, 1.165) is 0 Å². The molecule has 44 heavy (non-hydrogen) atoms. The molecule has 2 N–H and O–H groups in total. The van der Waals surface area contributed by atoms with E-state index in [1.54, 1.807) is 65.0 Å². The molecule has 0 bridgehead atoms. The second-order valence-electron chi connectivity index (χ2n) is 11.7. The van der Waals surface area contributed by atoms with Crippen LogP contribution < -0.4 is 9.46 Å². The molecule has 1 unspecified atom stereocenters. The standard InChI is InChI=1S/C31H33FN4O7S/c1-17-20-12-9-13-42-27(20)22(32)14-21(17)26-25(28(30(38)39)43-31(3,4)5)18(2)33-24-15-23(34-36(24)26)29(37)35-44(40,41)16-19-10-7-6-8-11-19/h6-8,10-11,14-15,28H,9,12-13,16H2,1-5H3,(H,35,37)(H,38,39). The average Bonchev–Trinajstić information content (AvgIpc) is 3.36. The molecule has 1 aliphatic heterocycles. The summed E-state index contributed by atoms with van der Waals surface area (Å²) in [7, 11) is -4.10. The number of hydrogen-bond acceptors (Lipinski definition) is 8. The zero-order chi connectivity index (χ0) is 32.0. The van der Waals surface area contributed by atoms with Gasteiger partial charge in [0, 0.05) is 28.5 Å². The first kappa shape index (κ1) is 31.1. The van der Waals surface area contributed by atoms with Crippen molar-refractivity contribution in [2.24, 2.45) is 0 Å². The average molecular weight is 625 g/mol. The van der Waals surface area contributed by atoms with Gasteiger partial charge in [-0.3, -0.25) is 4.79 Å². The number of sulfonamides is 1. The first-order chi connectivity index (χ1) is 20.6. The molecule has 3 heterocycles. The smallest absolute Gasteiger partial charge is 0.337 e. The maximum absolute atomic E-state index is 15.5. The summed E-state index contributed by atoms with van der Waals surface area (Å²) in [5.41, 5.74) is 1.55. The number of aliphatic carboxylic acids is 1. The maximum Gasteiger partial charge on any atom is 0.337 e. The molecule has 0 aliphatic carbocycles. The normalized spacial score (nSPS) is 14.1. The maximum atomic E-state index is 15.5. The van der Waals surface area contributed by atoms with Crippen LogP contribution >= 0.6 is 0 Å². The second kappa shape index (κ2) is 11.6. The number of carboxylic acid groups (broad SMARTS) is 1. The lowest BCUT2D eigenvalue weighted by Gasteiger charge is -2.28. The van der Waals surface area contributed by atoms with Crippen molar-refractivity contribution in [3.8, 4) is 17.0 Å². The number of nitrogens with zero attached hydrogens (tertiary/aromatic N) is 3. The summed E-state index contributed by atoms with van der Waals surface area (Å²) in [4.78, 5) is 30.3. The molecule has 13 heteroatoms. The number of fused-ring (bicyclic) bond motifs is 2. The Balaban J connectivity index is 1.70. The van der Waals surface area contributed by atoms with E-state index in [0.29, 0.717) is 41.7 Å². The van der Waals surface area contributed by atoms with Gasteiger partial charge in [-0.25, -0.2) is 31.8 Å². The number of aryl methyl sites for hydroxylation is 1. The van der Waals surface area contributed by atoms with E-state index in [9.17, 15) is 23.1 Å². The Labute approximate surface area is 254 Å². The van der Waals surface area contributed by atoms with Crippen molar-refractivity contribution in [2.75, 3.05) is 6.61 Å². The molecule has 1 aliphatic rings. The molecule has 0 radical (unpaired) electrons. The van der Waals surface area contributed by atoms with Crippen LogP contribution in [-0.2, 0) is 31.7 Å². The van der Waals surface area contributed by atoms with Crippen LogP contribution in [0.5, 0.6) is 5.75 Å². The molecule has 2 aromatic heterocycles. The summed E-state index contributed by atoms with van der Waals surface area (Å²) in [6, 6.07) is 10.9. The molecule has 1 atom stereocenters. The van der Waals surface area contributed by atoms with E-state index < -0.39 is 45.2 Å². The predicted molar refractivity (Wildman–Crippen MR) is 159 cm³/mol. The van der Waals surface area contributed by atoms with Crippen molar-refractivity contribution < 1.29 is 37.0 Å². The van der Waals surface area contributed by atoms with Crippen LogP contribution in [0.15, 0.2) is 42.5 Å². The lowest BCUT2D eigenvalue weighted by atomic mass is 9.91. The molecule has 1 amide bonds. The lowest BCUT2D eigenvalue weighted by molar-refractivity contribution is -0.160. The van der Waals surface area contributed by atoms with Gasteiger partial charge in [0.2, 0.25) is 10.0 Å². The molecular formula is C31H33FN4O7S. The van der Waals surface area contributed by atoms with Gasteiger partial charge in [0.1, 0.15) is 0 Å². The van der Waals surface area contributed by atoms with Crippen LogP contribution in [0.25, 0.3) is 16.9 Å². The molecule has 2 aromatic carbocycles. The van der Waals surface area contributed by atoms with Gasteiger partial charge in [-0.2, -0.15) is 5.10 Å². The van der Waals surface area contributed by atoms with E-state index >= 15 is 4.39 Å². The van der Waals surface area contributed by atoms with Crippen LogP contribution in [0, 0.1) is 19.7 Å². The molecule has 4 aromatic rings. The molecule has 0 fully saturated rings. The third-order valence-corrected chi connectivity index (χ3v) is 8.37. The molecule has 0 spiro atoms. The fourth-order valence-corrected chi connectivity index (χ4v) is 6.42. The number of ether oxygens (including phenoxy) is 2. The number of hydrogen-bond donors (Lipinski definition) is 2. The van der Waals surface area contributed by atoms with Crippen LogP contribution in [0.1, 0.15) is 71.7 Å². The van der Waals surface area contributed by atoms with Gasteiger partial charge in [-0.15, -0.1) is 0 Å². The fraction of sp³-hybridized carbons (Fsp3) is 0.355. The number of carbonyl (C=O) groups is 2. The van der Waals surface area contributed by atoms with E-state index in [1.165, 1.54) is 16.6 Å². The van der Waals surface area contributed by atoms with Crippen LogP contribution in [0.4, 0.5) is 4.39 Å². The first-order valence-corrected chi connectivity index (χ1v) is 15.6. The Morgan fingerprint density at radius 3 is 2.55 bits per heavy atom. The topological polar surface area (TPSA) is 149 Å². The number of rotatable bonds is 8. The van der Waals surface area contributed by atoms with Gasteiger partial charge in [0.25, 0.3) is 5.91 Å². The first-order valence-electron chi connectivity index (χ1n) is 14.0. The number of nitrogens with one attached hydrogen (secondary N) is 1. The quantitative estimate of drug-likeness (QED) is 0.285. The Morgan fingerprint density at radius 2 is 1.89 bits per heavy atom. The zero-order valence-corrected chi connectivity index (χ0v) is 25.8. The van der Waals surface area contributed by atoms with Crippen molar-refractivity contribution in [1.82, 2.24) is 19.3 Å². The number of halogens is 1. The van der Waals surface area contributed by atoms with Crippen molar-refractivity contribution >= 4 is 27.5 Å². The molecule has 11 nitrogen and oxygen atoms in total.